The van der Waals surface area contributed by atoms with Crippen LogP contribution >= 0.6 is 0 Å². The Hall–Kier alpha value is -0.730. The Morgan fingerprint density at radius 2 is 2.00 bits per heavy atom. The summed E-state index contributed by atoms with van der Waals surface area (Å²) in [6, 6.07) is 0.970. The number of nitrogens with two attached hydrogens (primary N) is 1. The van der Waals surface area contributed by atoms with E-state index in [2.05, 4.69) is 24.2 Å². The smallest absolute Gasteiger partial charge is 0.189 e. The molecule has 0 radical (unpaired) electrons. The van der Waals surface area contributed by atoms with Crippen molar-refractivity contribution in [1.82, 2.24) is 5.32 Å². The van der Waals surface area contributed by atoms with Crippen LogP contribution in [0.5, 0.6) is 0 Å². The quantitative estimate of drug-likeness (QED) is 0.558. The highest BCUT2D eigenvalue weighted by molar-refractivity contribution is 5.78. The van der Waals surface area contributed by atoms with E-state index >= 15 is 0 Å². The average molecular weight is 225 g/mol. The van der Waals surface area contributed by atoms with Crippen LogP contribution < -0.4 is 11.1 Å². The van der Waals surface area contributed by atoms with E-state index in [-0.39, 0.29) is 0 Å². The monoisotopic (exact) mass is 225 g/mol. The van der Waals surface area contributed by atoms with Gasteiger partial charge >= 0.3 is 0 Å². The van der Waals surface area contributed by atoms with Gasteiger partial charge in [0.15, 0.2) is 5.96 Å². The highest BCUT2D eigenvalue weighted by Gasteiger charge is 2.13. The molecule has 0 heterocycles. The Labute approximate surface area is 99.9 Å². The molecular weight excluding hydrogens is 198 g/mol. The molecule has 0 aromatic rings. The van der Waals surface area contributed by atoms with Crippen molar-refractivity contribution in [3.63, 3.8) is 0 Å². The molecule has 3 heteroatoms. The van der Waals surface area contributed by atoms with Gasteiger partial charge in [0.05, 0.1) is 6.04 Å². The molecule has 1 saturated carbocycles. The van der Waals surface area contributed by atoms with Crippen LogP contribution in [0.15, 0.2) is 4.99 Å². The molecule has 1 unspecified atom stereocenters. The van der Waals surface area contributed by atoms with E-state index in [1.54, 1.807) is 0 Å². The number of guanidine groups is 1. The van der Waals surface area contributed by atoms with Crippen molar-refractivity contribution in [2.45, 2.75) is 77.3 Å². The number of hydrogen-bond donors (Lipinski definition) is 2. The third kappa shape index (κ3) is 4.86. The number of nitrogens with one attached hydrogen (secondary N) is 1. The first-order chi connectivity index (χ1) is 7.76. The van der Waals surface area contributed by atoms with Crippen molar-refractivity contribution >= 4 is 5.96 Å². The normalized spacial score (nSPS) is 20.8. The molecule has 0 amide bonds. The van der Waals surface area contributed by atoms with E-state index < -0.39 is 0 Å². The van der Waals surface area contributed by atoms with Gasteiger partial charge in [-0.05, 0) is 25.7 Å². The summed E-state index contributed by atoms with van der Waals surface area (Å²) in [5, 5.41) is 3.34. The molecule has 16 heavy (non-hydrogen) atoms. The molecule has 94 valence electrons. The van der Waals surface area contributed by atoms with Crippen LogP contribution in [0.25, 0.3) is 0 Å². The summed E-state index contributed by atoms with van der Waals surface area (Å²) in [7, 11) is 0. The van der Waals surface area contributed by atoms with Crippen molar-refractivity contribution in [3.8, 4) is 0 Å². The minimum atomic E-state index is 0.473. The second-order valence-electron chi connectivity index (χ2n) is 4.84. The molecule has 0 saturated heterocycles. The van der Waals surface area contributed by atoms with Crippen molar-refractivity contribution in [2.75, 3.05) is 0 Å². The van der Waals surface area contributed by atoms with E-state index in [9.17, 15) is 0 Å². The van der Waals surface area contributed by atoms with Gasteiger partial charge in [0.1, 0.15) is 0 Å². The summed E-state index contributed by atoms with van der Waals surface area (Å²) in [6.07, 6.45) is 9.92. The molecule has 0 bridgehead atoms. The summed E-state index contributed by atoms with van der Waals surface area (Å²) >= 11 is 0. The maximum Gasteiger partial charge on any atom is 0.189 e. The molecule has 0 spiro atoms. The average Bonchev–Trinajstić information content (AvgIpc) is 2.29. The minimum Gasteiger partial charge on any atom is -0.370 e. The van der Waals surface area contributed by atoms with Gasteiger partial charge < -0.3 is 11.1 Å². The zero-order chi connectivity index (χ0) is 11.8. The van der Waals surface area contributed by atoms with Crippen molar-refractivity contribution in [3.05, 3.63) is 0 Å². The number of nitrogens with zero attached hydrogens (tertiary/aromatic N) is 1. The van der Waals surface area contributed by atoms with Gasteiger partial charge in [-0.3, -0.25) is 4.99 Å². The summed E-state index contributed by atoms with van der Waals surface area (Å²) < 4.78 is 0. The Bertz CT molecular complexity index is 207. The first-order valence-electron chi connectivity index (χ1n) is 6.86. The SMILES string of the molecule is CCCC(CC)NC(N)=NC1CCCCC1. The summed E-state index contributed by atoms with van der Waals surface area (Å²) in [6.45, 7) is 4.40. The Balaban J connectivity index is 2.36. The van der Waals surface area contributed by atoms with Crippen molar-refractivity contribution in [2.24, 2.45) is 10.7 Å². The Morgan fingerprint density at radius 1 is 1.31 bits per heavy atom. The Morgan fingerprint density at radius 3 is 2.56 bits per heavy atom. The van der Waals surface area contributed by atoms with Gasteiger partial charge in [0.25, 0.3) is 0 Å². The molecule has 1 aliphatic carbocycles. The maximum atomic E-state index is 5.95. The molecule has 1 rings (SSSR count). The largest absolute Gasteiger partial charge is 0.370 e. The molecule has 0 aromatic heterocycles. The molecular formula is C13H27N3. The van der Waals surface area contributed by atoms with E-state index in [0.29, 0.717) is 18.0 Å². The van der Waals surface area contributed by atoms with Crippen LogP contribution in [0.1, 0.15) is 65.2 Å². The third-order valence-electron chi connectivity index (χ3n) is 3.38. The van der Waals surface area contributed by atoms with E-state index in [1.165, 1.54) is 44.9 Å². The second-order valence-corrected chi connectivity index (χ2v) is 4.84. The van der Waals surface area contributed by atoms with E-state index in [1.807, 2.05) is 0 Å². The van der Waals surface area contributed by atoms with Crippen LogP contribution in [-0.4, -0.2) is 18.0 Å². The zero-order valence-electron chi connectivity index (χ0n) is 10.8. The molecule has 3 nitrogen and oxygen atoms in total. The van der Waals surface area contributed by atoms with E-state index in [0.717, 1.165) is 6.42 Å². The van der Waals surface area contributed by atoms with Crippen molar-refractivity contribution < 1.29 is 0 Å². The lowest BCUT2D eigenvalue weighted by Gasteiger charge is -2.21. The van der Waals surface area contributed by atoms with Gasteiger partial charge in [-0.2, -0.15) is 0 Å². The lowest BCUT2D eigenvalue weighted by Crippen LogP contribution is -2.40. The standard InChI is InChI=1S/C13H27N3/c1-3-8-11(4-2)15-13(14)16-12-9-6-5-7-10-12/h11-12H,3-10H2,1-2H3,(H3,14,15,16). The van der Waals surface area contributed by atoms with Gasteiger partial charge in [-0.15, -0.1) is 0 Å². The highest BCUT2D eigenvalue weighted by Crippen LogP contribution is 2.19. The molecule has 1 fully saturated rings. The molecule has 0 aliphatic heterocycles. The van der Waals surface area contributed by atoms with Gasteiger partial charge in [-0.1, -0.05) is 39.5 Å². The molecule has 1 aliphatic rings. The fourth-order valence-electron chi connectivity index (χ4n) is 2.38. The van der Waals surface area contributed by atoms with Gasteiger partial charge in [0.2, 0.25) is 0 Å². The predicted molar refractivity (Wildman–Crippen MR) is 70.6 cm³/mol. The Kier molecular flexibility index (Phi) is 6.27. The van der Waals surface area contributed by atoms with Crippen LogP contribution in [0.4, 0.5) is 0 Å². The summed E-state index contributed by atoms with van der Waals surface area (Å²) in [4.78, 5) is 4.59. The number of aliphatic imine (C=N–C) groups is 1. The summed E-state index contributed by atoms with van der Waals surface area (Å²) in [5.41, 5.74) is 5.95. The third-order valence-corrected chi connectivity index (χ3v) is 3.38. The minimum absolute atomic E-state index is 0.473. The first-order valence-corrected chi connectivity index (χ1v) is 6.86. The molecule has 3 N–H and O–H groups in total. The lowest BCUT2D eigenvalue weighted by molar-refractivity contribution is 0.440. The zero-order valence-corrected chi connectivity index (χ0v) is 10.8. The molecule has 1 atom stereocenters. The van der Waals surface area contributed by atoms with Crippen LogP contribution in [0, 0.1) is 0 Å². The van der Waals surface area contributed by atoms with Crippen LogP contribution in [0.3, 0.4) is 0 Å². The first kappa shape index (κ1) is 13.3. The topological polar surface area (TPSA) is 50.4 Å². The van der Waals surface area contributed by atoms with Crippen molar-refractivity contribution in [1.29, 1.82) is 0 Å². The fourth-order valence-corrected chi connectivity index (χ4v) is 2.38. The van der Waals surface area contributed by atoms with Crippen LogP contribution in [-0.2, 0) is 0 Å². The predicted octanol–water partition coefficient (Wildman–Crippen LogP) is 2.80. The maximum absolute atomic E-state index is 5.95. The van der Waals surface area contributed by atoms with E-state index in [4.69, 9.17) is 5.73 Å². The van der Waals surface area contributed by atoms with Gasteiger partial charge in [-0.25, -0.2) is 0 Å². The lowest BCUT2D eigenvalue weighted by atomic mass is 9.96. The van der Waals surface area contributed by atoms with Gasteiger partial charge in [0, 0.05) is 6.04 Å². The second kappa shape index (κ2) is 7.53. The highest BCUT2D eigenvalue weighted by atomic mass is 15.1. The number of hydrogen-bond acceptors (Lipinski definition) is 1. The number of rotatable bonds is 5. The van der Waals surface area contributed by atoms with Crippen LogP contribution in [0.2, 0.25) is 0 Å². The summed E-state index contributed by atoms with van der Waals surface area (Å²) in [5.74, 6) is 0.659. The fraction of sp³-hybridized carbons (Fsp3) is 0.923. The molecule has 0 aromatic carbocycles.